The molecule has 3 rings (SSSR count). The standard InChI is InChI=1S/C14H13ClN2O2/c1-8-2-4-10-11(6-8)14(19)17(13(10)18)12-5-3-9(15)7-16-12/h2-3,5,7,10-11H,4,6H2,1H3. The van der Waals surface area contributed by atoms with Gasteiger partial charge in [0.15, 0.2) is 0 Å². The summed E-state index contributed by atoms with van der Waals surface area (Å²) in [6, 6.07) is 3.24. The fourth-order valence-electron chi connectivity index (χ4n) is 2.76. The van der Waals surface area contributed by atoms with Crippen molar-refractivity contribution in [2.75, 3.05) is 4.90 Å². The molecule has 2 amide bonds. The van der Waals surface area contributed by atoms with Crippen LogP contribution in [0.3, 0.4) is 0 Å². The lowest BCUT2D eigenvalue weighted by molar-refractivity contribution is -0.122. The van der Waals surface area contributed by atoms with Crippen molar-refractivity contribution in [2.45, 2.75) is 19.8 Å². The summed E-state index contributed by atoms with van der Waals surface area (Å²) in [7, 11) is 0. The summed E-state index contributed by atoms with van der Waals surface area (Å²) in [5, 5.41) is 0.484. The first-order chi connectivity index (χ1) is 9.08. The van der Waals surface area contributed by atoms with Crippen molar-refractivity contribution in [3.8, 4) is 0 Å². The summed E-state index contributed by atoms with van der Waals surface area (Å²) in [6.45, 7) is 2.00. The number of carbonyl (C=O) groups excluding carboxylic acids is 2. The maximum absolute atomic E-state index is 12.4. The molecule has 1 aliphatic carbocycles. The predicted molar refractivity (Wildman–Crippen MR) is 71.7 cm³/mol. The third-order valence-electron chi connectivity index (χ3n) is 3.76. The zero-order chi connectivity index (χ0) is 13.6. The minimum Gasteiger partial charge on any atom is -0.274 e. The van der Waals surface area contributed by atoms with Crippen molar-refractivity contribution in [1.29, 1.82) is 0 Å². The monoisotopic (exact) mass is 276 g/mol. The molecule has 1 aromatic heterocycles. The molecule has 1 aliphatic heterocycles. The van der Waals surface area contributed by atoms with Gasteiger partial charge in [0.2, 0.25) is 11.8 Å². The van der Waals surface area contributed by atoms with E-state index >= 15 is 0 Å². The molecule has 0 radical (unpaired) electrons. The van der Waals surface area contributed by atoms with Crippen LogP contribution in [-0.4, -0.2) is 16.8 Å². The minimum absolute atomic E-state index is 0.141. The Morgan fingerprint density at radius 3 is 2.68 bits per heavy atom. The van der Waals surface area contributed by atoms with Crippen molar-refractivity contribution in [2.24, 2.45) is 11.8 Å². The largest absolute Gasteiger partial charge is 0.274 e. The van der Waals surface area contributed by atoms with Gasteiger partial charge in [-0.1, -0.05) is 23.3 Å². The Kier molecular flexibility index (Phi) is 2.90. The maximum atomic E-state index is 12.4. The molecule has 0 N–H and O–H groups in total. The topological polar surface area (TPSA) is 50.3 Å². The first-order valence-corrected chi connectivity index (χ1v) is 6.60. The number of hydrogen-bond acceptors (Lipinski definition) is 3. The van der Waals surface area contributed by atoms with Crippen LogP contribution in [0.2, 0.25) is 5.02 Å². The van der Waals surface area contributed by atoms with Crippen LogP contribution >= 0.6 is 11.6 Å². The average molecular weight is 277 g/mol. The fourth-order valence-corrected chi connectivity index (χ4v) is 2.88. The zero-order valence-electron chi connectivity index (χ0n) is 10.5. The minimum atomic E-state index is -0.228. The van der Waals surface area contributed by atoms with Gasteiger partial charge in [-0.05, 0) is 31.9 Å². The Bertz CT molecular complexity index is 580. The van der Waals surface area contributed by atoms with E-state index in [1.165, 1.54) is 16.7 Å². The van der Waals surface area contributed by atoms with E-state index < -0.39 is 0 Å². The highest BCUT2D eigenvalue weighted by molar-refractivity contribution is 6.30. The summed E-state index contributed by atoms with van der Waals surface area (Å²) in [5.74, 6) is -0.374. The lowest BCUT2D eigenvalue weighted by Gasteiger charge is -2.18. The number of hydrogen-bond donors (Lipinski definition) is 0. The van der Waals surface area contributed by atoms with Crippen LogP contribution in [0.25, 0.3) is 0 Å². The van der Waals surface area contributed by atoms with Gasteiger partial charge in [0, 0.05) is 6.20 Å². The van der Waals surface area contributed by atoms with Gasteiger partial charge < -0.3 is 0 Å². The van der Waals surface area contributed by atoms with Crippen LogP contribution < -0.4 is 4.90 Å². The molecule has 2 heterocycles. The van der Waals surface area contributed by atoms with Gasteiger partial charge in [0.25, 0.3) is 0 Å². The molecule has 2 aliphatic rings. The van der Waals surface area contributed by atoms with Crippen molar-refractivity contribution in [3.05, 3.63) is 35.0 Å². The highest BCUT2D eigenvalue weighted by atomic mass is 35.5. The van der Waals surface area contributed by atoms with Gasteiger partial charge in [-0.25, -0.2) is 9.88 Å². The highest BCUT2D eigenvalue weighted by Crippen LogP contribution is 2.39. The number of anilines is 1. The molecule has 2 atom stereocenters. The Morgan fingerprint density at radius 2 is 2.00 bits per heavy atom. The molecule has 1 fully saturated rings. The lowest BCUT2D eigenvalue weighted by Crippen LogP contribution is -2.31. The Balaban J connectivity index is 1.95. The maximum Gasteiger partial charge on any atom is 0.239 e. The van der Waals surface area contributed by atoms with Gasteiger partial charge in [0.05, 0.1) is 16.9 Å². The average Bonchev–Trinajstić information content (AvgIpc) is 2.63. The van der Waals surface area contributed by atoms with Crippen molar-refractivity contribution < 1.29 is 9.59 Å². The molecule has 2 unspecified atom stereocenters. The van der Waals surface area contributed by atoms with Gasteiger partial charge in [-0.15, -0.1) is 0 Å². The number of rotatable bonds is 1. The number of halogens is 1. The zero-order valence-corrected chi connectivity index (χ0v) is 11.2. The predicted octanol–water partition coefficient (Wildman–Crippen LogP) is 2.58. The van der Waals surface area contributed by atoms with E-state index in [2.05, 4.69) is 4.98 Å². The molecule has 98 valence electrons. The van der Waals surface area contributed by atoms with Crippen LogP contribution in [0.4, 0.5) is 5.82 Å². The number of imide groups is 1. The summed E-state index contributed by atoms with van der Waals surface area (Å²) in [6.07, 6.45) is 4.80. The molecule has 0 aromatic carbocycles. The number of fused-ring (bicyclic) bond motifs is 1. The van der Waals surface area contributed by atoms with E-state index in [4.69, 9.17) is 11.6 Å². The lowest BCUT2D eigenvalue weighted by atomic mass is 9.82. The van der Waals surface area contributed by atoms with Crippen LogP contribution in [0.5, 0.6) is 0 Å². The second-order valence-corrected chi connectivity index (χ2v) is 5.49. The summed E-state index contributed by atoms with van der Waals surface area (Å²) in [4.78, 5) is 30.0. The normalized spacial score (nSPS) is 26.4. The number of allylic oxidation sites excluding steroid dienone is 2. The molecule has 0 saturated carbocycles. The number of carbonyl (C=O) groups is 2. The molecule has 0 bridgehead atoms. The Hall–Kier alpha value is -1.68. The number of amides is 2. The van der Waals surface area contributed by atoms with E-state index in [0.29, 0.717) is 23.7 Å². The first kappa shape index (κ1) is 12.4. The van der Waals surface area contributed by atoms with E-state index in [9.17, 15) is 9.59 Å². The Morgan fingerprint density at radius 1 is 1.26 bits per heavy atom. The van der Waals surface area contributed by atoms with Crippen LogP contribution in [0.1, 0.15) is 19.8 Å². The number of aromatic nitrogens is 1. The second kappa shape index (κ2) is 4.46. The first-order valence-electron chi connectivity index (χ1n) is 6.23. The molecule has 4 nitrogen and oxygen atoms in total. The van der Waals surface area contributed by atoms with Gasteiger partial charge in [-0.2, -0.15) is 0 Å². The Labute approximate surface area is 116 Å². The van der Waals surface area contributed by atoms with E-state index in [1.54, 1.807) is 12.1 Å². The second-order valence-electron chi connectivity index (χ2n) is 5.05. The molecule has 1 aromatic rings. The molecular weight excluding hydrogens is 264 g/mol. The quantitative estimate of drug-likeness (QED) is 0.585. The van der Waals surface area contributed by atoms with Gasteiger partial charge in [0.1, 0.15) is 5.82 Å². The third-order valence-corrected chi connectivity index (χ3v) is 3.99. The molecular formula is C14H13ClN2O2. The van der Waals surface area contributed by atoms with Crippen molar-refractivity contribution >= 4 is 29.2 Å². The van der Waals surface area contributed by atoms with Crippen molar-refractivity contribution in [3.63, 3.8) is 0 Å². The smallest absolute Gasteiger partial charge is 0.239 e. The summed E-state index contributed by atoms with van der Waals surface area (Å²) < 4.78 is 0. The fraction of sp³-hybridized carbons (Fsp3) is 0.357. The molecule has 19 heavy (non-hydrogen) atoms. The molecule has 1 saturated heterocycles. The number of pyridine rings is 1. The molecule has 0 spiro atoms. The highest BCUT2D eigenvalue weighted by Gasteiger charge is 2.49. The van der Waals surface area contributed by atoms with Gasteiger partial charge in [-0.3, -0.25) is 9.59 Å². The van der Waals surface area contributed by atoms with E-state index in [0.717, 1.165) is 0 Å². The SMILES string of the molecule is CC1=CCC2C(=O)N(c3ccc(Cl)cn3)C(=O)C2C1. The summed E-state index contributed by atoms with van der Waals surface area (Å²) in [5.41, 5.74) is 1.17. The number of nitrogens with zero attached hydrogens (tertiary/aromatic N) is 2. The van der Waals surface area contributed by atoms with Gasteiger partial charge >= 0.3 is 0 Å². The van der Waals surface area contributed by atoms with Crippen LogP contribution in [-0.2, 0) is 9.59 Å². The van der Waals surface area contributed by atoms with E-state index in [-0.39, 0.29) is 23.7 Å². The van der Waals surface area contributed by atoms with Crippen LogP contribution in [0, 0.1) is 11.8 Å². The van der Waals surface area contributed by atoms with Crippen LogP contribution in [0.15, 0.2) is 30.0 Å². The summed E-state index contributed by atoms with van der Waals surface area (Å²) >= 11 is 5.77. The molecule has 5 heteroatoms. The van der Waals surface area contributed by atoms with E-state index in [1.807, 2.05) is 13.0 Å². The third kappa shape index (κ3) is 1.96. The van der Waals surface area contributed by atoms with Crippen molar-refractivity contribution in [1.82, 2.24) is 4.98 Å².